The molecule has 1 aliphatic carbocycles. The lowest BCUT2D eigenvalue weighted by atomic mass is 9.75. The van der Waals surface area contributed by atoms with E-state index in [-0.39, 0.29) is 17.4 Å². The van der Waals surface area contributed by atoms with Gasteiger partial charge in [-0.1, -0.05) is 13.8 Å². The van der Waals surface area contributed by atoms with Gasteiger partial charge in [-0.15, -0.1) is 0 Å². The van der Waals surface area contributed by atoms with E-state index in [0.29, 0.717) is 0 Å². The molecule has 0 radical (unpaired) electrons. The fraction of sp³-hybridized carbons (Fsp3) is 0.688. The maximum absolute atomic E-state index is 12.3. The average Bonchev–Trinajstić information content (AvgIpc) is 2.80. The third kappa shape index (κ3) is 1.97. The van der Waals surface area contributed by atoms with Crippen LogP contribution in [0.25, 0.3) is 0 Å². The van der Waals surface area contributed by atoms with Gasteiger partial charge in [0.1, 0.15) is 6.04 Å². The number of hydrogen-bond donors (Lipinski definition) is 1. The molecule has 2 heterocycles. The number of fused-ring (bicyclic) bond motifs is 1. The summed E-state index contributed by atoms with van der Waals surface area (Å²) >= 11 is 0. The summed E-state index contributed by atoms with van der Waals surface area (Å²) < 4.78 is 2.19. The number of aromatic nitrogens is 1. The second-order valence-corrected chi connectivity index (χ2v) is 7.18. The van der Waals surface area contributed by atoms with Crippen molar-refractivity contribution in [3.05, 3.63) is 23.0 Å². The number of nitrogens with zero attached hydrogens (tertiary/aromatic N) is 2. The summed E-state index contributed by atoms with van der Waals surface area (Å²) in [6.45, 7) is 7.24. The number of aryl methyl sites for hydroxylation is 1. The molecule has 1 aliphatic heterocycles. The number of rotatable bonds is 1. The minimum atomic E-state index is -0.400. The molecule has 4 heteroatoms. The molecule has 1 aromatic rings. The molecule has 4 nitrogen and oxygen atoms in total. The van der Waals surface area contributed by atoms with E-state index in [1.807, 2.05) is 14.0 Å². The van der Waals surface area contributed by atoms with Crippen molar-refractivity contribution in [3.63, 3.8) is 0 Å². The van der Waals surface area contributed by atoms with Gasteiger partial charge in [0.05, 0.1) is 6.10 Å². The van der Waals surface area contributed by atoms with E-state index < -0.39 is 6.10 Å². The van der Waals surface area contributed by atoms with Gasteiger partial charge in [0.2, 0.25) is 5.91 Å². The number of carbonyl (C=O) groups is 1. The molecule has 0 spiro atoms. The molecule has 1 aromatic heterocycles. The molecule has 110 valence electrons. The first-order chi connectivity index (χ1) is 9.30. The molecular formula is C16H24N2O2. The Labute approximate surface area is 120 Å². The summed E-state index contributed by atoms with van der Waals surface area (Å²) in [5.74, 6) is 0.198. The van der Waals surface area contributed by atoms with Gasteiger partial charge >= 0.3 is 0 Å². The molecule has 1 N–H and O–H groups in total. The van der Waals surface area contributed by atoms with Crippen LogP contribution in [-0.4, -0.2) is 34.1 Å². The Hall–Kier alpha value is -1.29. The zero-order valence-corrected chi connectivity index (χ0v) is 12.8. The molecule has 2 unspecified atom stereocenters. The Bertz CT molecular complexity index is 559. The molecule has 0 saturated carbocycles. The molecule has 0 aromatic carbocycles. The first kappa shape index (κ1) is 13.7. The van der Waals surface area contributed by atoms with Crippen LogP contribution in [0.4, 0.5) is 0 Å². The second kappa shape index (κ2) is 4.35. The molecule has 2 atom stereocenters. The first-order valence-corrected chi connectivity index (χ1v) is 7.44. The Balaban J connectivity index is 2.07. The quantitative estimate of drug-likeness (QED) is 0.854. The molecule has 1 amide bonds. The molecule has 2 aliphatic rings. The Morgan fingerprint density at radius 1 is 1.40 bits per heavy atom. The number of aliphatic hydroxyl groups is 1. The smallest absolute Gasteiger partial charge is 0.245 e. The van der Waals surface area contributed by atoms with Crippen molar-refractivity contribution in [3.8, 4) is 0 Å². The highest BCUT2D eigenvalue weighted by Gasteiger charge is 2.38. The average molecular weight is 276 g/mol. The largest absolute Gasteiger partial charge is 0.388 e. The summed E-state index contributed by atoms with van der Waals surface area (Å²) in [6, 6.07) is 1.99. The molecule has 3 rings (SSSR count). The summed E-state index contributed by atoms with van der Waals surface area (Å²) in [6.07, 6.45) is 2.19. The lowest BCUT2D eigenvalue weighted by Crippen LogP contribution is -2.30. The van der Waals surface area contributed by atoms with E-state index in [1.165, 1.54) is 5.69 Å². The molecule has 1 fully saturated rings. The van der Waals surface area contributed by atoms with Gasteiger partial charge < -0.3 is 14.6 Å². The SMILES string of the molecule is Cc1cc2c(n1C1CCN(C)C1=O)CC(C)(C)CC2O. The fourth-order valence-electron chi connectivity index (χ4n) is 3.84. The lowest BCUT2D eigenvalue weighted by Gasteiger charge is -2.34. The van der Waals surface area contributed by atoms with Gasteiger partial charge in [-0.25, -0.2) is 0 Å². The molecular weight excluding hydrogens is 252 g/mol. The number of likely N-dealkylation sites (N-methyl/N-ethyl adjacent to an activating group) is 1. The topological polar surface area (TPSA) is 45.5 Å². The van der Waals surface area contributed by atoms with Crippen molar-refractivity contribution >= 4 is 5.91 Å². The van der Waals surface area contributed by atoms with Gasteiger partial charge in [-0.3, -0.25) is 4.79 Å². The standard InChI is InChI=1S/C16H24N2O2/c1-10-7-11-13(8-16(2,3)9-14(11)19)18(10)12-5-6-17(4)15(12)20/h7,12,14,19H,5-6,8-9H2,1-4H3. The third-order valence-corrected chi connectivity index (χ3v) is 4.83. The van der Waals surface area contributed by atoms with Crippen LogP contribution in [0.2, 0.25) is 0 Å². The van der Waals surface area contributed by atoms with Gasteiger partial charge in [0.15, 0.2) is 0 Å². The van der Waals surface area contributed by atoms with E-state index in [2.05, 4.69) is 24.5 Å². The van der Waals surface area contributed by atoms with Crippen molar-refractivity contribution in [1.29, 1.82) is 0 Å². The van der Waals surface area contributed by atoms with Crippen LogP contribution in [0.5, 0.6) is 0 Å². The van der Waals surface area contributed by atoms with E-state index in [1.54, 1.807) is 4.90 Å². The van der Waals surface area contributed by atoms with Crippen LogP contribution >= 0.6 is 0 Å². The summed E-state index contributed by atoms with van der Waals surface area (Å²) in [7, 11) is 1.87. The van der Waals surface area contributed by atoms with Gasteiger partial charge in [-0.05, 0) is 37.7 Å². The van der Waals surface area contributed by atoms with Gasteiger partial charge in [0.25, 0.3) is 0 Å². The van der Waals surface area contributed by atoms with E-state index in [9.17, 15) is 9.90 Å². The van der Waals surface area contributed by atoms with Crippen LogP contribution in [-0.2, 0) is 11.2 Å². The van der Waals surface area contributed by atoms with Crippen molar-refractivity contribution in [2.45, 2.75) is 52.2 Å². The van der Waals surface area contributed by atoms with Crippen molar-refractivity contribution < 1.29 is 9.90 Å². The second-order valence-electron chi connectivity index (χ2n) is 7.18. The van der Waals surface area contributed by atoms with E-state index in [4.69, 9.17) is 0 Å². The van der Waals surface area contributed by atoms with Crippen LogP contribution in [0, 0.1) is 12.3 Å². The van der Waals surface area contributed by atoms with Crippen LogP contribution in [0.3, 0.4) is 0 Å². The summed E-state index contributed by atoms with van der Waals surface area (Å²) in [5, 5.41) is 10.4. The summed E-state index contributed by atoms with van der Waals surface area (Å²) in [5.41, 5.74) is 3.38. The minimum absolute atomic E-state index is 0.0788. The highest BCUT2D eigenvalue weighted by atomic mass is 16.3. The van der Waals surface area contributed by atoms with Crippen LogP contribution in [0.1, 0.15) is 55.8 Å². The number of hydrogen-bond acceptors (Lipinski definition) is 2. The molecule has 1 saturated heterocycles. The number of carbonyl (C=O) groups excluding carboxylic acids is 1. The molecule has 20 heavy (non-hydrogen) atoms. The summed E-state index contributed by atoms with van der Waals surface area (Å²) in [4.78, 5) is 14.1. The predicted molar refractivity (Wildman–Crippen MR) is 77.5 cm³/mol. The van der Waals surface area contributed by atoms with Crippen molar-refractivity contribution in [2.24, 2.45) is 5.41 Å². The highest BCUT2D eigenvalue weighted by Crippen LogP contribution is 2.43. The van der Waals surface area contributed by atoms with Crippen molar-refractivity contribution in [1.82, 2.24) is 9.47 Å². The number of likely N-dealkylation sites (tertiary alicyclic amines) is 1. The Morgan fingerprint density at radius 3 is 2.70 bits per heavy atom. The number of aliphatic hydroxyl groups excluding tert-OH is 1. The fourth-order valence-corrected chi connectivity index (χ4v) is 3.84. The number of amides is 1. The van der Waals surface area contributed by atoms with Crippen molar-refractivity contribution in [2.75, 3.05) is 13.6 Å². The lowest BCUT2D eigenvalue weighted by molar-refractivity contribution is -0.129. The van der Waals surface area contributed by atoms with E-state index in [0.717, 1.165) is 37.1 Å². The first-order valence-electron chi connectivity index (χ1n) is 7.44. The Kier molecular flexibility index (Phi) is 2.98. The van der Waals surface area contributed by atoms with Crippen LogP contribution in [0.15, 0.2) is 6.07 Å². The minimum Gasteiger partial charge on any atom is -0.388 e. The Morgan fingerprint density at radius 2 is 2.10 bits per heavy atom. The monoisotopic (exact) mass is 276 g/mol. The van der Waals surface area contributed by atoms with Gasteiger partial charge in [0, 0.05) is 30.5 Å². The predicted octanol–water partition coefficient (Wildman–Crippen LogP) is 2.21. The molecule has 0 bridgehead atoms. The zero-order chi connectivity index (χ0) is 14.7. The van der Waals surface area contributed by atoms with Crippen LogP contribution < -0.4 is 0 Å². The zero-order valence-electron chi connectivity index (χ0n) is 12.8. The third-order valence-electron chi connectivity index (χ3n) is 4.83. The maximum atomic E-state index is 12.3. The highest BCUT2D eigenvalue weighted by molar-refractivity contribution is 5.82. The van der Waals surface area contributed by atoms with Gasteiger partial charge in [-0.2, -0.15) is 0 Å². The maximum Gasteiger partial charge on any atom is 0.245 e. The normalized spacial score (nSPS) is 28.9. The van der Waals surface area contributed by atoms with E-state index >= 15 is 0 Å².